The van der Waals surface area contributed by atoms with E-state index in [-0.39, 0.29) is 10.8 Å². The number of carbonyl (C=O) groups is 1. The van der Waals surface area contributed by atoms with Crippen LogP contribution < -0.4 is 5.56 Å². The molecule has 0 fully saturated rings. The third-order valence-corrected chi connectivity index (χ3v) is 5.77. The quantitative estimate of drug-likeness (QED) is 0.240. The molecule has 0 radical (unpaired) electrons. The molecule has 0 bridgehead atoms. The van der Waals surface area contributed by atoms with Crippen LogP contribution in [0.1, 0.15) is 34.5 Å². The van der Waals surface area contributed by atoms with E-state index in [2.05, 4.69) is 19.1 Å². The summed E-state index contributed by atoms with van der Waals surface area (Å²) in [6, 6.07) is 14.9. The van der Waals surface area contributed by atoms with Crippen LogP contribution in [0.4, 0.5) is 0 Å². The Labute approximate surface area is 173 Å². The van der Waals surface area contributed by atoms with Gasteiger partial charge in [0.25, 0.3) is 5.56 Å². The lowest BCUT2D eigenvalue weighted by Crippen LogP contribution is -2.24. The van der Waals surface area contributed by atoms with Crippen LogP contribution in [0.3, 0.4) is 0 Å². The van der Waals surface area contributed by atoms with Gasteiger partial charge in [0, 0.05) is 25.5 Å². The first kappa shape index (κ1) is 21.1. The van der Waals surface area contributed by atoms with Gasteiger partial charge in [0.05, 0.1) is 23.6 Å². The number of benzene rings is 2. The molecule has 0 saturated carbocycles. The minimum atomic E-state index is -0.454. The van der Waals surface area contributed by atoms with E-state index in [0.29, 0.717) is 41.2 Å². The Bertz CT molecular complexity index is 1050. The van der Waals surface area contributed by atoms with E-state index in [1.54, 1.807) is 29.9 Å². The van der Waals surface area contributed by atoms with Crippen molar-refractivity contribution < 1.29 is 14.3 Å². The summed E-state index contributed by atoms with van der Waals surface area (Å²) in [6.45, 7) is 3.16. The van der Waals surface area contributed by atoms with Gasteiger partial charge in [-0.15, -0.1) is 0 Å². The van der Waals surface area contributed by atoms with E-state index in [0.717, 1.165) is 5.56 Å². The number of esters is 1. The van der Waals surface area contributed by atoms with Gasteiger partial charge in [-0.2, -0.15) is 0 Å². The standard InChI is InChI=1S/C22H24N2O4S/c1-15(16-8-5-4-6-9-16)29-22-23-19-14-17(21(26)28-3)10-11-18(19)20(25)24(22)12-7-13-27-2/h4-6,8-11,14-15H,7,12-13H2,1-3H3. The van der Waals surface area contributed by atoms with E-state index in [4.69, 9.17) is 14.5 Å². The molecule has 1 unspecified atom stereocenters. The SMILES string of the molecule is COCCCn1c(SC(C)c2ccccc2)nc2cc(C(=O)OC)ccc2c1=O. The Hall–Kier alpha value is -2.64. The van der Waals surface area contributed by atoms with Gasteiger partial charge in [0.2, 0.25) is 0 Å². The van der Waals surface area contributed by atoms with Crippen LogP contribution in [-0.4, -0.2) is 36.3 Å². The smallest absolute Gasteiger partial charge is 0.337 e. The summed E-state index contributed by atoms with van der Waals surface area (Å²) in [5.74, 6) is -0.454. The van der Waals surface area contributed by atoms with Crippen molar-refractivity contribution in [2.45, 2.75) is 30.3 Å². The number of rotatable bonds is 8. The number of methoxy groups -OCH3 is 2. The van der Waals surface area contributed by atoms with Gasteiger partial charge >= 0.3 is 5.97 Å². The van der Waals surface area contributed by atoms with Gasteiger partial charge < -0.3 is 9.47 Å². The first-order chi connectivity index (χ1) is 14.0. The van der Waals surface area contributed by atoms with Gasteiger partial charge in [-0.1, -0.05) is 42.1 Å². The molecule has 2 aromatic carbocycles. The lowest BCUT2D eigenvalue weighted by molar-refractivity contribution is 0.0601. The summed E-state index contributed by atoms with van der Waals surface area (Å²) < 4.78 is 11.6. The van der Waals surface area contributed by atoms with Crippen molar-refractivity contribution in [3.63, 3.8) is 0 Å². The zero-order valence-corrected chi connectivity index (χ0v) is 17.6. The van der Waals surface area contributed by atoms with Crippen LogP contribution in [0.5, 0.6) is 0 Å². The van der Waals surface area contributed by atoms with Crippen LogP contribution in [0.25, 0.3) is 10.9 Å². The second-order valence-corrected chi connectivity index (χ2v) is 7.90. The van der Waals surface area contributed by atoms with Crippen LogP contribution in [0.2, 0.25) is 0 Å². The maximum Gasteiger partial charge on any atom is 0.337 e. The molecule has 1 aromatic heterocycles. The Morgan fingerprint density at radius 3 is 2.62 bits per heavy atom. The molecule has 1 heterocycles. The predicted molar refractivity (Wildman–Crippen MR) is 115 cm³/mol. The summed E-state index contributed by atoms with van der Waals surface area (Å²) in [7, 11) is 2.97. The summed E-state index contributed by atoms with van der Waals surface area (Å²) >= 11 is 1.53. The minimum Gasteiger partial charge on any atom is -0.465 e. The number of ether oxygens (including phenoxy) is 2. The Balaban J connectivity index is 2.06. The molecule has 0 aliphatic heterocycles. The maximum absolute atomic E-state index is 13.2. The third kappa shape index (κ3) is 4.86. The molecule has 0 aliphatic carbocycles. The van der Waals surface area contributed by atoms with E-state index in [1.165, 1.54) is 18.9 Å². The molecule has 3 aromatic rings. The van der Waals surface area contributed by atoms with Gasteiger partial charge in [-0.3, -0.25) is 9.36 Å². The number of aromatic nitrogens is 2. The van der Waals surface area contributed by atoms with Gasteiger partial charge in [-0.05, 0) is 37.1 Å². The Morgan fingerprint density at radius 2 is 1.93 bits per heavy atom. The Kier molecular flexibility index (Phi) is 7.06. The highest BCUT2D eigenvalue weighted by Gasteiger charge is 2.17. The highest BCUT2D eigenvalue weighted by atomic mass is 32.2. The molecule has 6 nitrogen and oxygen atoms in total. The summed E-state index contributed by atoms with van der Waals surface area (Å²) in [5, 5.41) is 1.21. The van der Waals surface area contributed by atoms with Crippen molar-refractivity contribution >= 4 is 28.6 Å². The number of thioether (sulfide) groups is 1. The zero-order chi connectivity index (χ0) is 20.8. The van der Waals surface area contributed by atoms with E-state index >= 15 is 0 Å². The van der Waals surface area contributed by atoms with Crippen molar-refractivity contribution in [2.75, 3.05) is 20.8 Å². The van der Waals surface area contributed by atoms with Crippen LogP contribution in [0.15, 0.2) is 58.5 Å². The van der Waals surface area contributed by atoms with Crippen LogP contribution in [-0.2, 0) is 16.0 Å². The Morgan fingerprint density at radius 1 is 1.17 bits per heavy atom. The predicted octanol–water partition coefficient (Wildman–Crippen LogP) is 4.07. The maximum atomic E-state index is 13.2. The lowest BCUT2D eigenvalue weighted by atomic mass is 10.1. The van der Waals surface area contributed by atoms with Crippen molar-refractivity contribution in [2.24, 2.45) is 0 Å². The molecule has 0 aliphatic rings. The number of carbonyl (C=O) groups excluding carboxylic acids is 1. The average molecular weight is 413 g/mol. The van der Waals surface area contributed by atoms with Crippen molar-refractivity contribution in [1.82, 2.24) is 9.55 Å². The molecule has 0 amide bonds. The second kappa shape index (κ2) is 9.71. The topological polar surface area (TPSA) is 70.4 Å². The molecule has 0 spiro atoms. The summed E-state index contributed by atoms with van der Waals surface area (Å²) in [4.78, 5) is 29.8. The average Bonchev–Trinajstić information content (AvgIpc) is 2.75. The molecule has 0 saturated heterocycles. The van der Waals surface area contributed by atoms with Crippen LogP contribution in [0, 0.1) is 0 Å². The van der Waals surface area contributed by atoms with Gasteiger partial charge in [-0.25, -0.2) is 9.78 Å². The van der Waals surface area contributed by atoms with E-state index in [9.17, 15) is 9.59 Å². The monoisotopic (exact) mass is 412 g/mol. The minimum absolute atomic E-state index is 0.109. The number of hydrogen-bond acceptors (Lipinski definition) is 6. The number of nitrogens with zero attached hydrogens (tertiary/aromatic N) is 2. The number of hydrogen-bond donors (Lipinski definition) is 0. The number of fused-ring (bicyclic) bond motifs is 1. The van der Waals surface area contributed by atoms with Crippen molar-refractivity contribution in [1.29, 1.82) is 0 Å². The van der Waals surface area contributed by atoms with Crippen molar-refractivity contribution in [3.8, 4) is 0 Å². The molecular weight excluding hydrogens is 388 g/mol. The first-order valence-corrected chi connectivity index (χ1v) is 10.3. The zero-order valence-electron chi connectivity index (χ0n) is 16.8. The molecule has 7 heteroatoms. The summed E-state index contributed by atoms with van der Waals surface area (Å²) in [5.41, 5.74) is 1.89. The molecule has 0 N–H and O–H groups in total. The fraction of sp³-hybridized carbons (Fsp3) is 0.318. The lowest BCUT2D eigenvalue weighted by Gasteiger charge is -2.17. The van der Waals surface area contributed by atoms with Crippen LogP contribution >= 0.6 is 11.8 Å². The van der Waals surface area contributed by atoms with E-state index < -0.39 is 5.97 Å². The molecular formula is C22H24N2O4S. The summed E-state index contributed by atoms with van der Waals surface area (Å²) in [6.07, 6.45) is 0.705. The largest absolute Gasteiger partial charge is 0.465 e. The molecule has 29 heavy (non-hydrogen) atoms. The van der Waals surface area contributed by atoms with Crippen molar-refractivity contribution in [3.05, 3.63) is 70.0 Å². The van der Waals surface area contributed by atoms with Gasteiger partial charge in [0.15, 0.2) is 5.16 Å². The molecule has 3 rings (SSSR count). The third-order valence-electron chi connectivity index (χ3n) is 4.62. The highest BCUT2D eigenvalue weighted by Crippen LogP contribution is 2.33. The second-order valence-electron chi connectivity index (χ2n) is 6.59. The normalized spacial score (nSPS) is 12.1. The highest BCUT2D eigenvalue weighted by molar-refractivity contribution is 7.99. The first-order valence-electron chi connectivity index (χ1n) is 9.38. The molecule has 152 valence electrons. The van der Waals surface area contributed by atoms with Gasteiger partial charge in [0.1, 0.15) is 0 Å². The fourth-order valence-corrected chi connectivity index (χ4v) is 4.11. The van der Waals surface area contributed by atoms with E-state index in [1.807, 2.05) is 18.2 Å². The fourth-order valence-electron chi connectivity index (χ4n) is 3.05. The molecule has 1 atom stereocenters.